The zero-order chi connectivity index (χ0) is 17.4. The third kappa shape index (κ3) is 5.79. The largest absolute Gasteiger partial charge is 0.495 e. The molecular weight excluding hydrogens is 308 g/mol. The number of anilines is 1. The number of benzene rings is 1. The molecule has 0 aliphatic heterocycles. The second kappa shape index (κ2) is 8.76. The van der Waals surface area contributed by atoms with Gasteiger partial charge < -0.3 is 19.5 Å². The van der Waals surface area contributed by atoms with Crippen LogP contribution >= 0.6 is 0 Å². The lowest BCUT2D eigenvalue weighted by Gasteiger charge is -2.11. The van der Waals surface area contributed by atoms with Crippen molar-refractivity contribution in [3.05, 3.63) is 42.6 Å². The summed E-state index contributed by atoms with van der Waals surface area (Å²) in [4.78, 5) is 16.0. The van der Waals surface area contributed by atoms with Gasteiger partial charge in [0.25, 0.3) is 5.91 Å². The van der Waals surface area contributed by atoms with Crippen molar-refractivity contribution in [2.24, 2.45) is 5.92 Å². The molecule has 2 aromatic rings. The van der Waals surface area contributed by atoms with Crippen molar-refractivity contribution in [3.63, 3.8) is 0 Å². The molecule has 0 atom stereocenters. The lowest BCUT2D eigenvalue weighted by Crippen LogP contribution is -2.20. The summed E-state index contributed by atoms with van der Waals surface area (Å²) in [5.41, 5.74) is 0. The molecule has 1 aromatic carbocycles. The van der Waals surface area contributed by atoms with Gasteiger partial charge in [-0.05, 0) is 30.2 Å². The van der Waals surface area contributed by atoms with E-state index < -0.39 is 0 Å². The maximum absolute atomic E-state index is 11.9. The molecule has 0 unspecified atom stereocenters. The highest BCUT2D eigenvalue weighted by Crippen LogP contribution is 2.20. The van der Waals surface area contributed by atoms with Gasteiger partial charge in [-0.3, -0.25) is 4.79 Å². The number of hydrogen-bond donors (Lipinski definition) is 1. The molecule has 1 aromatic heterocycles. The summed E-state index contributed by atoms with van der Waals surface area (Å²) < 4.78 is 16.1. The summed E-state index contributed by atoms with van der Waals surface area (Å²) in [5, 5.41) is 2.66. The first-order chi connectivity index (χ1) is 11.6. The second-order valence-corrected chi connectivity index (χ2v) is 5.60. The van der Waals surface area contributed by atoms with Gasteiger partial charge in [0.2, 0.25) is 0 Å². The first-order valence-electron chi connectivity index (χ1n) is 7.72. The van der Waals surface area contributed by atoms with E-state index in [9.17, 15) is 4.79 Å². The molecule has 0 aliphatic rings. The molecule has 6 heteroatoms. The lowest BCUT2D eigenvalue weighted by atomic mass is 10.2. The summed E-state index contributed by atoms with van der Waals surface area (Å²) in [7, 11) is 1.56. The minimum Gasteiger partial charge on any atom is -0.495 e. The van der Waals surface area contributed by atoms with Crippen LogP contribution in [0.5, 0.6) is 17.2 Å². The van der Waals surface area contributed by atoms with E-state index in [4.69, 9.17) is 14.2 Å². The molecule has 0 radical (unpaired) electrons. The van der Waals surface area contributed by atoms with Crippen LogP contribution in [0.25, 0.3) is 0 Å². The Balaban J connectivity index is 1.83. The number of hydrogen-bond acceptors (Lipinski definition) is 5. The Kier molecular flexibility index (Phi) is 6.42. The fourth-order valence-electron chi connectivity index (χ4n) is 1.82. The quantitative estimate of drug-likeness (QED) is 0.805. The van der Waals surface area contributed by atoms with Gasteiger partial charge in [0.05, 0.1) is 19.9 Å². The number of amides is 1. The Morgan fingerprint density at radius 1 is 1.12 bits per heavy atom. The van der Waals surface area contributed by atoms with E-state index in [0.29, 0.717) is 29.8 Å². The van der Waals surface area contributed by atoms with Gasteiger partial charge in [0, 0.05) is 6.07 Å². The van der Waals surface area contributed by atoms with Crippen molar-refractivity contribution in [1.82, 2.24) is 4.98 Å². The van der Waals surface area contributed by atoms with E-state index in [1.54, 1.807) is 31.4 Å². The fraction of sp³-hybridized carbons (Fsp3) is 0.333. The summed E-state index contributed by atoms with van der Waals surface area (Å²) in [6, 6.07) is 10.6. The Morgan fingerprint density at radius 2 is 1.88 bits per heavy atom. The van der Waals surface area contributed by atoms with Crippen molar-refractivity contribution in [3.8, 4) is 17.2 Å². The zero-order valence-corrected chi connectivity index (χ0v) is 14.1. The van der Waals surface area contributed by atoms with Crippen LogP contribution in [-0.2, 0) is 4.79 Å². The van der Waals surface area contributed by atoms with Crippen LogP contribution in [-0.4, -0.2) is 31.2 Å². The maximum Gasteiger partial charge on any atom is 0.263 e. The Labute approximate surface area is 141 Å². The Hall–Kier alpha value is -2.76. The highest BCUT2D eigenvalue weighted by molar-refractivity contribution is 5.90. The average molecular weight is 330 g/mol. The molecule has 0 aliphatic carbocycles. The number of carbonyl (C=O) groups is 1. The molecule has 0 fully saturated rings. The van der Waals surface area contributed by atoms with Crippen LogP contribution in [0.3, 0.4) is 0 Å². The monoisotopic (exact) mass is 330 g/mol. The maximum atomic E-state index is 11.9. The van der Waals surface area contributed by atoms with Gasteiger partial charge in [-0.15, -0.1) is 0 Å². The van der Waals surface area contributed by atoms with E-state index in [1.165, 1.54) is 6.20 Å². The van der Waals surface area contributed by atoms with Crippen molar-refractivity contribution in [1.29, 1.82) is 0 Å². The molecular formula is C18H22N2O4. The zero-order valence-electron chi connectivity index (χ0n) is 14.1. The van der Waals surface area contributed by atoms with Crippen molar-refractivity contribution in [2.45, 2.75) is 13.8 Å². The molecule has 6 nitrogen and oxygen atoms in total. The smallest absolute Gasteiger partial charge is 0.263 e. The molecule has 0 bridgehead atoms. The Bertz CT molecular complexity index is 656. The summed E-state index contributed by atoms with van der Waals surface area (Å²) >= 11 is 0. The number of carbonyl (C=O) groups excluding carboxylic acids is 1. The number of nitrogens with one attached hydrogen (secondary N) is 1. The van der Waals surface area contributed by atoms with E-state index >= 15 is 0 Å². The first kappa shape index (κ1) is 17.6. The molecule has 1 amide bonds. The number of pyridine rings is 1. The average Bonchev–Trinajstić information content (AvgIpc) is 2.59. The van der Waals surface area contributed by atoms with Gasteiger partial charge in [0.1, 0.15) is 23.1 Å². The minimum absolute atomic E-state index is 0.110. The minimum atomic E-state index is -0.291. The summed E-state index contributed by atoms with van der Waals surface area (Å²) in [5.74, 6) is 2.52. The topological polar surface area (TPSA) is 69.7 Å². The van der Waals surface area contributed by atoms with Gasteiger partial charge in [-0.2, -0.15) is 0 Å². The van der Waals surface area contributed by atoms with Crippen LogP contribution < -0.4 is 19.5 Å². The number of ether oxygens (including phenoxy) is 3. The predicted octanol–water partition coefficient (Wildman–Crippen LogP) is 3.14. The molecule has 1 heterocycles. The molecule has 128 valence electrons. The number of aromatic nitrogens is 1. The lowest BCUT2D eigenvalue weighted by molar-refractivity contribution is -0.118. The number of methoxy groups -OCH3 is 1. The van der Waals surface area contributed by atoms with Crippen LogP contribution in [0.1, 0.15) is 13.8 Å². The Morgan fingerprint density at radius 3 is 2.50 bits per heavy atom. The highest BCUT2D eigenvalue weighted by atomic mass is 16.5. The van der Waals surface area contributed by atoms with Crippen LogP contribution in [0, 0.1) is 5.92 Å². The van der Waals surface area contributed by atoms with Crippen LogP contribution in [0.4, 0.5) is 5.82 Å². The SMILES string of the molecule is COc1ccc(NC(=O)COc2cccc(OCC(C)C)c2)nc1. The molecule has 24 heavy (non-hydrogen) atoms. The standard InChI is InChI=1S/C18H22N2O4/c1-13(2)11-23-14-5-4-6-15(9-14)24-12-18(21)20-17-8-7-16(22-3)10-19-17/h4-10,13H,11-12H2,1-3H3,(H,19,20,21). The summed E-state index contributed by atoms with van der Waals surface area (Å²) in [6.45, 7) is 4.68. The second-order valence-electron chi connectivity index (χ2n) is 5.60. The van der Waals surface area contributed by atoms with Gasteiger partial charge in [-0.25, -0.2) is 4.98 Å². The third-order valence-corrected chi connectivity index (χ3v) is 3.00. The van der Waals surface area contributed by atoms with E-state index in [-0.39, 0.29) is 12.5 Å². The molecule has 0 saturated heterocycles. The van der Waals surface area contributed by atoms with E-state index in [0.717, 1.165) is 5.75 Å². The predicted molar refractivity (Wildman–Crippen MR) is 91.7 cm³/mol. The molecule has 0 spiro atoms. The van der Waals surface area contributed by atoms with Gasteiger partial charge in [-0.1, -0.05) is 19.9 Å². The molecule has 0 saturated carbocycles. The highest BCUT2D eigenvalue weighted by Gasteiger charge is 2.06. The van der Waals surface area contributed by atoms with Crippen LogP contribution in [0.2, 0.25) is 0 Å². The van der Waals surface area contributed by atoms with Crippen LogP contribution in [0.15, 0.2) is 42.6 Å². The first-order valence-corrected chi connectivity index (χ1v) is 7.72. The molecule has 2 rings (SSSR count). The van der Waals surface area contributed by atoms with Gasteiger partial charge >= 0.3 is 0 Å². The fourth-order valence-corrected chi connectivity index (χ4v) is 1.82. The van der Waals surface area contributed by atoms with E-state index in [2.05, 4.69) is 24.1 Å². The normalized spacial score (nSPS) is 10.3. The molecule has 1 N–H and O–H groups in total. The third-order valence-electron chi connectivity index (χ3n) is 3.00. The van der Waals surface area contributed by atoms with Crippen molar-refractivity contribution >= 4 is 11.7 Å². The number of nitrogens with zero attached hydrogens (tertiary/aromatic N) is 1. The van der Waals surface area contributed by atoms with Crippen molar-refractivity contribution < 1.29 is 19.0 Å². The van der Waals surface area contributed by atoms with E-state index in [1.807, 2.05) is 12.1 Å². The summed E-state index contributed by atoms with van der Waals surface area (Å²) in [6.07, 6.45) is 1.53. The van der Waals surface area contributed by atoms with Gasteiger partial charge in [0.15, 0.2) is 6.61 Å². The van der Waals surface area contributed by atoms with Crippen molar-refractivity contribution in [2.75, 3.05) is 25.6 Å². The number of rotatable bonds is 8.